The molecule has 0 atom stereocenters. The highest BCUT2D eigenvalue weighted by Crippen LogP contribution is 2.15. The maximum Gasteiger partial charge on any atom is 0.322 e. The molecule has 20 heavy (non-hydrogen) atoms. The standard InChI is InChI=1S/C14H16N2O4/c17-12-5-2-6-16(12)9-10-3-1-4-11(7-10)14(20)15-8-13(18)19/h1,3-4,7H,2,5-6,8-9H2,(H,15,20)(H,18,19). The second-order valence-corrected chi connectivity index (χ2v) is 4.70. The van der Waals surface area contributed by atoms with E-state index in [-0.39, 0.29) is 5.91 Å². The monoisotopic (exact) mass is 276 g/mol. The largest absolute Gasteiger partial charge is 0.480 e. The van der Waals surface area contributed by atoms with Gasteiger partial charge in [-0.3, -0.25) is 14.4 Å². The van der Waals surface area contributed by atoms with Gasteiger partial charge < -0.3 is 15.3 Å². The van der Waals surface area contributed by atoms with Crippen LogP contribution in [0, 0.1) is 0 Å². The molecule has 6 nitrogen and oxygen atoms in total. The first kappa shape index (κ1) is 14.0. The molecule has 0 radical (unpaired) electrons. The topological polar surface area (TPSA) is 86.7 Å². The van der Waals surface area contributed by atoms with E-state index in [1.807, 2.05) is 6.07 Å². The summed E-state index contributed by atoms with van der Waals surface area (Å²) < 4.78 is 0. The van der Waals surface area contributed by atoms with Gasteiger partial charge in [-0.15, -0.1) is 0 Å². The SMILES string of the molecule is O=C(O)CNC(=O)c1cccc(CN2CCCC2=O)c1. The lowest BCUT2D eigenvalue weighted by Crippen LogP contribution is -2.29. The third-order valence-corrected chi connectivity index (χ3v) is 3.13. The smallest absolute Gasteiger partial charge is 0.322 e. The Bertz CT molecular complexity index is 542. The number of aliphatic carboxylic acids is 1. The van der Waals surface area contributed by atoms with E-state index < -0.39 is 18.4 Å². The first-order valence-electron chi connectivity index (χ1n) is 6.43. The van der Waals surface area contributed by atoms with Crippen molar-refractivity contribution in [2.24, 2.45) is 0 Å². The van der Waals surface area contributed by atoms with Gasteiger partial charge in [0.1, 0.15) is 6.54 Å². The average molecular weight is 276 g/mol. The minimum atomic E-state index is -1.09. The van der Waals surface area contributed by atoms with E-state index in [2.05, 4.69) is 5.32 Å². The average Bonchev–Trinajstić information content (AvgIpc) is 2.82. The van der Waals surface area contributed by atoms with Gasteiger partial charge in [0.05, 0.1) is 0 Å². The van der Waals surface area contributed by atoms with Gasteiger partial charge in [0, 0.05) is 25.1 Å². The normalized spacial score (nSPS) is 14.4. The van der Waals surface area contributed by atoms with E-state index in [1.165, 1.54) is 0 Å². The van der Waals surface area contributed by atoms with Gasteiger partial charge in [-0.1, -0.05) is 12.1 Å². The molecule has 0 spiro atoms. The number of carboxylic acids is 1. The summed E-state index contributed by atoms with van der Waals surface area (Å²) in [7, 11) is 0. The molecule has 0 unspecified atom stereocenters. The van der Waals surface area contributed by atoms with Crippen molar-refractivity contribution >= 4 is 17.8 Å². The molecule has 2 N–H and O–H groups in total. The summed E-state index contributed by atoms with van der Waals surface area (Å²) in [6, 6.07) is 6.88. The maximum atomic E-state index is 11.7. The molecule has 1 fully saturated rings. The molecule has 1 aliphatic rings. The molecule has 0 aromatic heterocycles. The summed E-state index contributed by atoms with van der Waals surface area (Å²) >= 11 is 0. The van der Waals surface area contributed by atoms with Crippen LogP contribution in [0.25, 0.3) is 0 Å². The zero-order valence-corrected chi connectivity index (χ0v) is 11.0. The molecule has 1 heterocycles. The predicted octanol–water partition coefficient (Wildman–Crippen LogP) is 0.623. The zero-order chi connectivity index (χ0) is 14.5. The summed E-state index contributed by atoms with van der Waals surface area (Å²) in [5.74, 6) is -1.38. The zero-order valence-electron chi connectivity index (χ0n) is 11.0. The Labute approximate surface area is 116 Å². The highest BCUT2D eigenvalue weighted by atomic mass is 16.4. The quantitative estimate of drug-likeness (QED) is 0.825. The molecule has 106 valence electrons. The number of hydrogen-bond donors (Lipinski definition) is 2. The Morgan fingerprint density at radius 2 is 2.15 bits per heavy atom. The van der Waals surface area contributed by atoms with Gasteiger partial charge in [-0.2, -0.15) is 0 Å². The highest BCUT2D eigenvalue weighted by molar-refractivity contribution is 5.95. The Morgan fingerprint density at radius 3 is 2.80 bits per heavy atom. The Hall–Kier alpha value is -2.37. The van der Waals surface area contributed by atoms with Gasteiger partial charge in [0.25, 0.3) is 5.91 Å². The fourth-order valence-corrected chi connectivity index (χ4v) is 2.16. The van der Waals surface area contributed by atoms with Gasteiger partial charge >= 0.3 is 5.97 Å². The second kappa shape index (κ2) is 6.18. The van der Waals surface area contributed by atoms with Crippen LogP contribution in [0.15, 0.2) is 24.3 Å². The molecule has 0 aliphatic carbocycles. The van der Waals surface area contributed by atoms with E-state index in [9.17, 15) is 14.4 Å². The van der Waals surface area contributed by atoms with Crippen molar-refractivity contribution in [2.45, 2.75) is 19.4 Å². The van der Waals surface area contributed by atoms with Crippen molar-refractivity contribution in [1.82, 2.24) is 10.2 Å². The van der Waals surface area contributed by atoms with Crippen molar-refractivity contribution in [2.75, 3.05) is 13.1 Å². The lowest BCUT2D eigenvalue weighted by molar-refractivity contribution is -0.135. The molecular formula is C14H16N2O4. The summed E-state index contributed by atoms with van der Waals surface area (Å²) in [6.07, 6.45) is 1.45. The molecule has 2 amide bonds. The molecular weight excluding hydrogens is 260 g/mol. The van der Waals surface area contributed by atoms with E-state index in [0.717, 1.165) is 18.5 Å². The van der Waals surface area contributed by atoms with Crippen LogP contribution in [-0.2, 0) is 16.1 Å². The van der Waals surface area contributed by atoms with Crippen LogP contribution in [0.1, 0.15) is 28.8 Å². The molecule has 6 heteroatoms. The predicted molar refractivity (Wildman–Crippen MR) is 71.1 cm³/mol. The van der Waals surface area contributed by atoms with Crippen molar-refractivity contribution in [1.29, 1.82) is 0 Å². The van der Waals surface area contributed by atoms with Gasteiger partial charge in [-0.05, 0) is 24.1 Å². The third kappa shape index (κ3) is 3.57. The summed E-state index contributed by atoms with van der Waals surface area (Å²) in [6.45, 7) is 0.820. The number of rotatable bonds is 5. The highest BCUT2D eigenvalue weighted by Gasteiger charge is 2.20. The Morgan fingerprint density at radius 1 is 1.35 bits per heavy atom. The maximum absolute atomic E-state index is 11.7. The van der Waals surface area contributed by atoms with Crippen LogP contribution in [0.5, 0.6) is 0 Å². The van der Waals surface area contributed by atoms with Crippen molar-refractivity contribution in [3.63, 3.8) is 0 Å². The molecule has 1 saturated heterocycles. The van der Waals surface area contributed by atoms with Crippen molar-refractivity contribution < 1.29 is 19.5 Å². The first-order chi connectivity index (χ1) is 9.56. The number of amides is 2. The fourth-order valence-electron chi connectivity index (χ4n) is 2.16. The lowest BCUT2D eigenvalue weighted by atomic mass is 10.1. The molecule has 0 saturated carbocycles. The van der Waals surface area contributed by atoms with Crippen molar-refractivity contribution in [3.8, 4) is 0 Å². The van der Waals surface area contributed by atoms with Crippen molar-refractivity contribution in [3.05, 3.63) is 35.4 Å². The third-order valence-electron chi connectivity index (χ3n) is 3.13. The van der Waals surface area contributed by atoms with E-state index >= 15 is 0 Å². The molecule has 0 bridgehead atoms. The van der Waals surface area contributed by atoms with Crippen LogP contribution in [0.4, 0.5) is 0 Å². The minimum absolute atomic E-state index is 0.130. The summed E-state index contributed by atoms with van der Waals surface area (Å²) in [4.78, 5) is 35.5. The lowest BCUT2D eigenvalue weighted by Gasteiger charge is -2.15. The number of benzene rings is 1. The number of carbonyl (C=O) groups is 3. The van der Waals surface area contributed by atoms with Gasteiger partial charge in [-0.25, -0.2) is 0 Å². The van der Waals surface area contributed by atoms with Crippen LogP contribution in [-0.4, -0.2) is 40.9 Å². The number of likely N-dealkylation sites (tertiary alicyclic amines) is 1. The van der Waals surface area contributed by atoms with Gasteiger partial charge in [0.2, 0.25) is 5.91 Å². The minimum Gasteiger partial charge on any atom is -0.480 e. The van der Waals surface area contributed by atoms with Crippen LogP contribution >= 0.6 is 0 Å². The van der Waals surface area contributed by atoms with E-state index in [0.29, 0.717) is 18.5 Å². The van der Waals surface area contributed by atoms with Crippen LogP contribution < -0.4 is 5.32 Å². The fraction of sp³-hybridized carbons (Fsp3) is 0.357. The van der Waals surface area contributed by atoms with E-state index in [4.69, 9.17) is 5.11 Å². The Kier molecular flexibility index (Phi) is 4.34. The molecule has 1 aromatic carbocycles. The summed E-state index contributed by atoms with van der Waals surface area (Å²) in [5.41, 5.74) is 1.26. The van der Waals surface area contributed by atoms with E-state index in [1.54, 1.807) is 23.1 Å². The number of nitrogens with zero attached hydrogens (tertiary/aromatic N) is 1. The molecule has 1 aliphatic heterocycles. The van der Waals surface area contributed by atoms with Crippen LogP contribution in [0.3, 0.4) is 0 Å². The number of hydrogen-bond acceptors (Lipinski definition) is 3. The summed E-state index contributed by atoms with van der Waals surface area (Å²) in [5, 5.41) is 10.8. The molecule has 1 aromatic rings. The second-order valence-electron chi connectivity index (χ2n) is 4.70. The van der Waals surface area contributed by atoms with Crippen LogP contribution in [0.2, 0.25) is 0 Å². The number of carbonyl (C=O) groups excluding carboxylic acids is 2. The Balaban J connectivity index is 2.01. The number of carboxylic acid groups (broad SMARTS) is 1. The molecule has 2 rings (SSSR count). The van der Waals surface area contributed by atoms with Gasteiger partial charge in [0.15, 0.2) is 0 Å². The number of nitrogens with one attached hydrogen (secondary N) is 1. The first-order valence-corrected chi connectivity index (χ1v) is 6.43.